The average Bonchev–Trinajstić information content (AvgIpc) is 3.00. The van der Waals surface area contributed by atoms with Gasteiger partial charge in [0.15, 0.2) is 0 Å². The second kappa shape index (κ2) is 4.44. The number of anilines is 1. The fourth-order valence-electron chi connectivity index (χ4n) is 2.15. The smallest absolute Gasteiger partial charge is 0.251 e. The summed E-state index contributed by atoms with van der Waals surface area (Å²) in [5.41, 5.74) is 2.91. The van der Waals surface area contributed by atoms with E-state index in [1.54, 1.807) is 0 Å². The largest absolute Gasteiger partial charge is 0.349 e. The molecule has 1 N–H and O–H groups in total. The topological polar surface area (TPSA) is 44.7 Å². The lowest BCUT2D eigenvalue weighted by molar-refractivity contribution is 0.0950. The number of aryl methyl sites for hydroxylation is 1. The molecule has 18 heavy (non-hydrogen) atoms. The molecule has 4 nitrogen and oxygen atoms in total. The predicted octanol–water partition coefficient (Wildman–Crippen LogP) is 1.74. The zero-order valence-electron chi connectivity index (χ0n) is 10.5. The van der Waals surface area contributed by atoms with Crippen molar-refractivity contribution < 1.29 is 4.79 Å². The van der Waals surface area contributed by atoms with E-state index in [-0.39, 0.29) is 5.91 Å². The number of benzene rings is 1. The minimum atomic E-state index is 0.0524. The van der Waals surface area contributed by atoms with E-state index in [0.29, 0.717) is 6.04 Å². The lowest BCUT2D eigenvalue weighted by atomic mass is 10.1. The van der Waals surface area contributed by atoms with E-state index in [0.717, 1.165) is 42.7 Å². The lowest BCUT2D eigenvalue weighted by Gasteiger charge is -2.16. The summed E-state index contributed by atoms with van der Waals surface area (Å²) in [6.45, 7) is 3.76. The van der Waals surface area contributed by atoms with Crippen LogP contribution in [0.2, 0.25) is 0 Å². The predicted molar refractivity (Wildman–Crippen MR) is 72.4 cm³/mol. The summed E-state index contributed by atoms with van der Waals surface area (Å²) >= 11 is 0. The third-order valence-electron chi connectivity index (χ3n) is 3.39. The quantitative estimate of drug-likeness (QED) is 0.878. The first-order valence-corrected chi connectivity index (χ1v) is 6.42. The summed E-state index contributed by atoms with van der Waals surface area (Å²) in [6.07, 6.45) is 4.10. The second-order valence-corrected chi connectivity index (χ2v) is 4.96. The van der Waals surface area contributed by atoms with Gasteiger partial charge < -0.3 is 10.2 Å². The van der Waals surface area contributed by atoms with E-state index in [1.165, 1.54) is 0 Å². The number of aliphatic imine (C=N–C) groups is 1. The Morgan fingerprint density at radius 1 is 1.44 bits per heavy atom. The number of nitrogens with zero attached hydrogens (tertiary/aromatic N) is 2. The van der Waals surface area contributed by atoms with E-state index in [4.69, 9.17) is 0 Å². The van der Waals surface area contributed by atoms with Gasteiger partial charge in [0.05, 0.1) is 12.9 Å². The normalized spacial score (nSPS) is 18.2. The maximum atomic E-state index is 12.0. The number of nitrogens with one attached hydrogen (secondary N) is 1. The van der Waals surface area contributed by atoms with Gasteiger partial charge in [0.1, 0.15) is 0 Å². The van der Waals surface area contributed by atoms with Gasteiger partial charge in [-0.2, -0.15) is 0 Å². The summed E-state index contributed by atoms with van der Waals surface area (Å²) < 4.78 is 0. The Hall–Kier alpha value is -1.84. The van der Waals surface area contributed by atoms with Crippen LogP contribution < -0.4 is 10.2 Å². The molecule has 0 atom stereocenters. The van der Waals surface area contributed by atoms with Gasteiger partial charge in [0, 0.05) is 23.8 Å². The molecule has 1 aromatic carbocycles. The molecule has 1 fully saturated rings. The second-order valence-electron chi connectivity index (χ2n) is 4.96. The van der Waals surface area contributed by atoms with E-state index in [9.17, 15) is 4.79 Å². The summed E-state index contributed by atoms with van der Waals surface area (Å²) in [5, 5.41) is 3.02. The molecule has 1 aliphatic carbocycles. The van der Waals surface area contributed by atoms with Crippen LogP contribution in [-0.2, 0) is 0 Å². The number of rotatable bonds is 3. The molecule has 1 saturated carbocycles. The number of hydrogen-bond acceptors (Lipinski definition) is 3. The minimum absolute atomic E-state index is 0.0524. The van der Waals surface area contributed by atoms with Crippen molar-refractivity contribution in [1.29, 1.82) is 0 Å². The van der Waals surface area contributed by atoms with E-state index in [2.05, 4.69) is 21.3 Å². The van der Waals surface area contributed by atoms with Gasteiger partial charge in [-0.15, -0.1) is 0 Å². The molecule has 1 aliphatic heterocycles. The highest BCUT2D eigenvalue weighted by molar-refractivity contribution is 5.96. The van der Waals surface area contributed by atoms with Crippen molar-refractivity contribution in [2.75, 3.05) is 18.0 Å². The van der Waals surface area contributed by atoms with Crippen LogP contribution in [0.4, 0.5) is 5.69 Å². The highest BCUT2D eigenvalue weighted by Gasteiger charge is 2.24. The van der Waals surface area contributed by atoms with Crippen LogP contribution in [0.15, 0.2) is 23.2 Å². The molecule has 0 saturated heterocycles. The van der Waals surface area contributed by atoms with Crippen LogP contribution in [0.3, 0.4) is 0 Å². The summed E-state index contributed by atoms with van der Waals surface area (Å²) in [7, 11) is 0. The fraction of sp³-hybridized carbons (Fsp3) is 0.429. The van der Waals surface area contributed by atoms with Gasteiger partial charge in [0.2, 0.25) is 0 Å². The Balaban J connectivity index is 1.79. The lowest BCUT2D eigenvalue weighted by Crippen LogP contribution is -2.26. The maximum absolute atomic E-state index is 12.0. The van der Waals surface area contributed by atoms with Gasteiger partial charge in [-0.25, -0.2) is 0 Å². The van der Waals surface area contributed by atoms with E-state index in [1.807, 2.05) is 25.4 Å². The van der Waals surface area contributed by atoms with Crippen LogP contribution in [-0.4, -0.2) is 31.4 Å². The first-order valence-electron chi connectivity index (χ1n) is 6.42. The van der Waals surface area contributed by atoms with E-state index < -0.39 is 0 Å². The maximum Gasteiger partial charge on any atom is 0.251 e. The summed E-state index contributed by atoms with van der Waals surface area (Å²) in [5.74, 6) is 0.0524. The van der Waals surface area contributed by atoms with Crippen LogP contribution in [0.1, 0.15) is 28.8 Å². The molecular weight excluding hydrogens is 226 g/mol. The molecular formula is C14H17N3O. The minimum Gasteiger partial charge on any atom is -0.349 e. The summed E-state index contributed by atoms with van der Waals surface area (Å²) in [6, 6.07) is 6.36. The number of amides is 1. The molecule has 1 amide bonds. The van der Waals surface area contributed by atoms with Gasteiger partial charge in [-0.1, -0.05) is 0 Å². The zero-order valence-corrected chi connectivity index (χ0v) is 10.5. The van der Waals surface area contributed by atoms with Crippen molar-refractivity contribution in [2.24, 2.45) is 4.99 Å². The van der Waals surface area contributed by atoms with Crippen LogP contribution in [0, 0.1) is 6.92 Å². The Morgan fingerprint density at radius 3 is 2.89 bits per heavy atom. The molecule has 0 unspecified atom stereocenters. The highest BCUT2D eigenvalue weighted by Crippen LogP contribution is 2.22. The zero-order chi connectivity index (χ0) is 12.5. The molecule has 3 rings (SSSR count). The Kier molecular flexibility index (Phi) is 2.78. The molecule has 94 valence electrons. The third kappa shape index (κ3) is 2.23. The molecule has 0 bridgehead atoms. The van der Waals surface area contributed by atoms with Crippen LogP contribution >= 0.6 is 0 Å². The summed E-state index contributed by atoms with van der Waals surface area (Å²) in [4.78, 5) is 18.3. The fourth-order valence-corrected chi connectivity index (χ4v) is 2.15. The molecule has 1 aromatic rings. The Bertz CT molecular complexity index is 506. The van der Waals surface area contributed by atoms with Gasteiger partial charge >= 0.3 is 0 Å². The number of hydrogen-bond donors (Lipinski definition) is 1. The molecule has 0 radical (unpaired) electrons. The Labute approximate surface area is 107 Å². The SMILES string of the molecule is Cc1cc(N2C=NCC2)ccc1C(=O)NC1CC1. The van der Waals surface area contributed by atoms with Crippen molar-refractivity contribution in [2.45, 2.75) is 25.8 Å². The van der Waals surface area contributed by atoms with Gasteiger partial charge in [-0.05, 0) is 43.5 Å². The monoisotopic (exact) mass is 243 g/mol. The first kappa shape index (κ1) is 11.3. The first-order chi connectivity index (χ1) is 8.74. The van der Waals surface area contributed by atoms with Crippen molar-refractivity contribution in [3.8, 4) is 0 Å². The molecule has 0 aromatic heterocycles. The molecule has 0 spiro atoms. The van der Waals surface area contributed by atoms with Crippen molar-refractivity contribution in [3.05, 3.63) is 29.3 Å². The molecule has 1 heterocycles. The van der Waals surface area contributed by atoms with Crippen LogP contribution in [0.5, 0.6) is 0 Å². The van der Waals surface area contributed by atoms with Crippen molar-refractivity contribution in [1.82, 2.24) is 5.32 Å². The van der Waals surface area contributed by atoms with Gasteiger partial charge in [0.25, 0.3) is 5.91 Å². The van der Waals surface area contributed by atoms with E-state index >= 15 is 0 Å². The molecule has 4 heteroatoms. The molecule has 2 aliphatic rings. The van der Waals surface area contributed by atoms with Gasteiger partial charge in [-0.3, -0.25) is 9.79 Å². The van der Waals surface area contributed by atoms with Crippen molar-refractivity contribution >= 4 is 17.9 Å². The Morgan fingerprint density at radius 2 is 2.28 bits per heavy atom. The third-order valence-corrected chi connectivity index (χ3v) is 3.39. The van der Waals surface area contributed by atoms with Crippen molar-refractivity contribution in [3.63, 3.8) is 0 Å². The standard InChI is InChI=1S/C14H17N3O/c1-10-8-12(17-7-6-15-9-17)4-5-13(10)14(18)16-11-2-3-11/h4-5,8-9,11H,2-3,6-7H2,1H3,(H,16,18). The highest BCUT2D eigenvalue weighted by atomic mass is 16.1. The van der Waals surface area contributed by atoms with Crippen LogP contribution in [0.25, 0.3) is 0 Å². The average molecular weight is 243 g/mol. The number of carbonyl (C=O) groups excluding carboxylic acids is 1. The number of carbonyl (C=O) groups is 1.